The Kier molecular flexibility index (Phi) is 5.49. The highest BCUT2D eigenvalue weighted by molar-refractivity contribution is 5.85. The van der Waals surface area contributed by atoms with Gasteiger partial charge in [-0.1, -0.05) is 30.3 Å². The number of nitrogens with one attached hydrogen (secondary N) is 1. The van der Waals surface area contributed by atoms with Crippen molar-refractivity contribution in [2.45, 2.75) is 13.1 Å². The van der Waals surface area contributed by atoms with Crippen molar-refractivity contribution in [2.75, 3.05) is 12.0 Å². The largest absolute Gasteiger partial charge is 0.378 e. The molecule has 0 radical (unpaired) electrons. The van der Waals surface area contributed by atoms with Crippen LogP contribution in [0.4, 0.5) is 10.1 Å². The van der Waals surface area contributed by atoms with Crippen molar-refractivity contribution in [3.05, 3.63) is 48.3 Å². The van der Waals surface area contributed by atoms with E-state index in [2.05, 4.69) is 22.5 Å². The van der Waals surface area contributed by atoms with Crippen LogP contribution in [0.5, 0.6) is 0 Å². The Morgan fingerprint density at radius 2 is 2.00 bits per heavy atom. The molecule has 0 bridgehead atoms. The van der Waals surface area contributed by atoms with Crippen molar-refractivity contribution >= 4 is 18.1 Å². The van der Waals surface area contributed by atoms with Gasteiger partial charge in [-0.25, -0.2) is 4.39 Å². The molecule has 1 aromatic heterocycles. The Hall–Kier alpha value is -1.55. The quantitative estimate of drug-likeness (QED) is 0.890. The Balaban J connectivity index is 0.00000144. The van der Waals surface area contributed by atoms with E-state index in [1.807, 2.05) is 24.4 Å². The number of hydrogen-bond acceptors (Lipinski definition) is 2. The van der Waals surface area contributed by atoms with E-state index in [9.17, 15) is 4.39 Å². The molecule has 0 spiro atoms. The number of aryl methyl sites for hydroxylation is 1. The van der Waals surface area contributed by atoms with Crippen molar-refractivity contribution in [3.63, 3.8) is 0 Å². The molecule has 1 heterocycles. The molecule has 0 atom stereocenters. The highest BCUT2D eigenvalue weighted by atomic mass is 35.5. The molecular formula is C12H15ClFN3. The fourth-order valence-corrected chi connectivity index (χ4v) is 1.46. The summed E-state index contributed by atoms with van der Waals surface area (Å²) < 4.78 is 13.6. The van der Waals surface area contributed by atoms with Gasteiger partial charge in [0, 0.05) is 12.7 Å². The van der Waals surface area contributed by atoms with Gasteiger partial charge in [-0.05, 0) is 5.56 Å². The van der Waals surface area contributed by atoms with Crippen LogP contribution >= 0.6 is 12.4 Å². The second-order valence-corrected chi connectivity index (χ2v) is 3.52. The maximum Gasteiger partial charge on any atom is 0.109 e. The van der Waals surface area contributed by atoms with Gasteiger partial charge in [-0.15, -0.1) is 12.4 Å². The molecule has 0 amide bonds. The van der Waals surface area contributed by atoms with Gasteiger partial charge >= 0.3 is 0 Å². The van der Waals surface area contributed by atoms with Gasteiger partial charge in [-0.3, -0.25) is 4.68 Å². The number of alkyl halides is 1. The number of hydrogen-bond donors (Lipinski definition) is 1. The van der Waals surface area contributed by atoms with Crippen LogP contribution in [0.25, 0.3) is 0 Å². The summed E-state index contributed by atoms with van der Waals surface area (Å²) in [5.41, 5.74) is 2.12. The summed E-state index contributed by atoms with van der Waals surface area (Å²) in [6, 6.07) is 10.1. The summed E-state index contributed by atoms with van der Waals surface area (Å²) in [5, 5.41) is 7.27. The van der Waals surface area contributed by atoms with E-state index >= 15 is 0 Å². The zero-order valence-corrected chi connectivity index (χ0v) is 10.2. The topological polar surface area (TPSA) is 29.9 Å². The Morgan fingerprint density at radius 3 is 2.71 bits per heavy atom. The molecule has 5 heteroatoms. The highest BCUT2D eigenvalue weighted by Gasteiger charge is 1.97. The van der Waals surface area contributed by atoms with Gasteiger partial charge in [0.15, 0.2) is 0 Å². The minimum absolute atomic E-state index is 0. The molecule has 0 aliphatic heterocycles. The first kappa shape index (κ1) is 13.5. The Morgan fingerprint density at radius 1 is 1.24 bits per heavy atom. The molecule has 0 unspecified atom stereocenters. The number of halogens is 2. The maximum atomic E-state index is 12.1. The monoisotopic (exact) mass is 255 g/mol. The average molecular weight is 256 g/mol. The molecule has 92 valence electrons. The second-order valence-electron chi connectivity index (χ2n) is 3.52. The van der Waals surface area contributed by atoms with E-state index in [4.69, 9.17) is 0 Å². The molecule has 17 heavy (non-hydrogen) atoms. The number of benzene rings is 1. The standard InChI is InChI=1S/C12H14FN3.ClH/c13-6-7-16-10-12(9-15-16)14-8-11-4-2-1-3-5-11;/h1-5,9-10,14H,6-8H2;1H. The summed E-state index contributed by atoms with van der Waals surface area (Å²) in [5.74, 6) is 0. The Labute approximate surface area is 106 Å². The van der Waals surface area contributed by atoms with Gasteiger partial charge in [0.2, 0.25) is 0 Å². The van der Waals surface area contributed by atoms with Gasteiger partial charge in [0.05, 0.1) is 18.4 Å². The van der Waals surface area contributed by atoms with Crippen LogP contribution in [0, 0.1) is 0 Å². The van der Waals surface area contributed by atoms with Crippen LogP contribution in [-0.4, -0.2) is 16.5 Å². The Bertz CT molecular complexity index is 430. The molecular weight excluding hydrogens is 241 g/mol. The molecule has 0 fully saturated rings. The molecule has 3 nitrogen and oxygen atoms in total. The number of anilines is 1. The maximum absolute atomic E-state index is 12.1. The van der Waals surface area contributed by atoms with E-state index in [0.29, 0.717) is 6.54 Å². The summed E-state index contributed by atoms with van der Waals surface area (Å²) in [7, 11) is 0. The molecule has 1 aromatic carbocycles. The number of aromatic nitrogens is 2. The minimum Gasteiger partial charge on any atom is -0.378 e. The predicted molar refractivity (Wildman–Crippen MR) is 69.2 cm³/mol. The van der Waals surface area contributed by atoms with Gasteiger partial charge in [-0.2, -0.15) is 5.10 Å². The second kappa shape index (κ2) is 6.91. The lowest BCUT2D eigenvalue weighted by atomic mass is 10.2. The number of rotatable bonds is 5. The van der Waals surface area contributed by atoms with E-state index in [1.54, 1.807) is 10.9 Å². The fraction of sp³-hybridized carbons (Fsp3) is 0.250. The van der Waals surface area contributed by atoms with E-state index < -0.39 is 0 Å². The van der Waals surface area contributed by atoms with Gasteiger partial charge in [0.1, 0.15) is 6.67 Å². The molecule has 0 saturated heterocycles. The molecule has 2 aromatic rings. The SMILES string of the molecule is Cl.FCCn1cc(NCc2ccccc2)cn1. The summed E-state index contributed by atoms with van der Waals surface area (Å²) >= 11 is 0. The van der Waals surface area contributed by atoms with Crippen molar-refractivity contribution in [3.8, 4) is 0 Å². The fourth-order valence-electron chi connectivity index (χ4n) is 1.46. The first-order valence-electron chi connectivity index (χ1n) is 5.25. The summed E-state index contributed by atoms with van der Waals surface area (Å²) in [6.07, 6.45) is 3.51. The first-order chi connectivity index (χ1) is 7.88. The van der Waals surface area contributed by atoms with Gasteiger partial charge < -0.3 is 5.32 Å². The molecule has 2 rings (SSSR count). The smallest absolute Gasteiger partial charge is 0.109 e. The zero-order chi connectivity index (χ0) is 11.2. The lowest BCUT2D eigenvalue weighted by Crippen LogP contribution is -2.00. The third-order valence-corrected chi connectivity index (χ3v) is 2.29. The van der Waals surface area contributed by atoms with E-state index in [1.165, 1.54) is 5.56 Å². The third kappa shape index (κ3) is 4.07. The van der Waals surface area contributed by atoms with E-state index in [-0.39, 0.29) is 19.1 Å². The molecule has 1 N–H and O–H groups in total. The van der Waals surface area contributed by atoms with Crippen LogP contribution in [0.1, 0.15) is 5.56 Å². The molecule has 0 saturated carbocycles. The summed E-state index contributed by atoms with van der Waals surface area (Å²) in [6.45, 7) is 0.676. The van der Waals surface area contributed by atoms with Crippen LogP contribution in [0.3, 0.4) is 0 Å². The lowest BCUT2D eigenvalue weighted by molar-refractivity contribution is 0.427. The highest BCUT2D eigenvalue weighted by Crippen LogP contribution is 2.07. The van der Waals surface area contributed by atoms with Gasteiger partial charge in [0.25, 0.3) is 0 Å². The van der Waals surface area contributed by atoms with Crippen molar-refractivity contribution in [1.82, 2.24) is 9.78 Å². The summed E-state index contributed by atoms with van der Waals surface area (Å²) in [4.78, 5) is 0. The van der Waals surface area contributed by atoms with Crippen molar-refractivity contribution in [1.29, 1.82) is 0 Å². The average Bonchev–Trinajstić information content (AvgIpc) is 2.76. The normalized spacial score (nSPS) is 9.71. The molecule has 0 aliphatic carbocycles. The van der Waals surface area contributed by atoms with Crippen LogP contribution < -0.4 is 5.32 Å². The third-order valence-electron chi connectivity index (χ3n) is 2.29. The van der Waals surface area contributed by atoms with Crippen LogP contribution in [0.15, 0.2) is 42.7 Å². The minimum atomic E-state index is -0.389. The van der Waals surface area contributed by atoms with E-state index in [0.717, 1.165) is 12.2 Å². The van der Waals surface area contributed by atoms with Crippen molar-refractivity contribution < 1.29 is 4.39 Å². The first-order valence-corrected chi connectivity index (χ1v) is 5.25. The zero-order valence-electron chi connectivity index (χ0n) is 9.34. The molecule has 0 aliphatic rings. The van der Waals surface area contributed by atoms with Crippen LogP contribution in [-0.2, 0) is 13.1 Å². The van der Waals surface area contributed by atoms with Crippen molar-refractivity contribution in [2.24, 2.45) is 0 Å². The van der Waals surface area contributed by atoms with Crippen LogP contribution in [0.2, 0.25) is 0 Å². The number of nitrogens with zero attached hydrogens (tertiary/aromatic N) is 2. The predicted octanol–water partition coefficient (Wildman–Crippen LogP) is 2.89. The lowest BCUT2D eigenvalue weighted by Gasteiger charge is -2.02.